The molecule has 2 aromatic carbocycles. The summed E-state index contributed by atoms with van der Waals surface area (Å²) in [6.45, 7) is 3.60. The average molecular weight is 409 g/mol. The van der Waals surface area contributed by atoms with Gasteiger partial charge in [0.1, 0.15) is 12.4 Å². The fourth-order valence-electron chi connectivity index (χ4n) is 3.60. The van der Waals surface area contributed by atoms with Crippen LogP contribution < -0.4 is 26.0 Å². The van der Waals surface area contributed by atoms with E-state index in [1.807, 2.05) is 63.6 Å². The second kappa shape index (κ2) is 9.02. The highest BCUT2D eigenvalue weighted by molar-refractivity contribution is 5.88. The molecular formula is C23H28N4O3. The van der Waals surface area contributed by atoms with Crippen LogP contribution in [0.25, 0.3) is 16.8 Å². The van der Waals surface area contributed by atoms with E-state index in [2.05, 4.69) is 27.8 Å². The molecule has 3 rings (SSSR count). The maximum atomic E-state index is 11.8. The molecule has 0 saturated heterocycles. The number of esters is 1. The summed E-state index contributed by atoms with van der Waals surface area (Å²) in [5.74, 6) is -0.327. The summed E-state index contributed by atoms with van der Waals surface area (Å²) in [6, 6.07) is 11.9. The minimum atomic E-state index is -0.613. The molecule has 0 fully saturated rings. The Hall–Kier alpha value is -3.29. The lowest BCUT2D eigenvalue weighted by atomic mass is 9.90. The molecule has 0 saturated carbocycles. The Labute approximate surface area is 177 Å². The van der Waals surface area contributed by atoms with Crippen LogP contribution in [0.3, 0.4) is 0 Å². The van der Waals surface area contributed by atoms with E-state index in [0.717, 1.165) is 39.4 Å². The summed E-state index contributed by atoms with van der Waals surface area (Å²) in [4.78, 5) is 11.8. The molecule has 0 radical (unpaired) electrons. The van der Waals surface area contributed by atoms with Crippen molar-refractivity contribution in [3.63, 3.8) is 0 Å². The summed E-state index contributed by atoms with van der Waals surface area (Å²) >= 11 is 0. The fraction of sp³-hybridized carbons (Fsp3) is 0.261. The van der Waals surface area contributed by atoms with Gasteiger partial charge in [-0.3, -0.25) is 10.6 Å². The quantitative estimate of drug-likeness (QED) is 0.304. The Morgan fingerprint density at radius 1 is 1.20 bits per heavy atom. The summed E-state index contributed by atoms with van der Waals surface area (Å²) in [5, 5.41) is 13.3. The highest BCUT2D eigenvalue weighted by Crippen LogP contribution is 2.39. The van der Waals surface area contributed by atoms with E-state index < -0.39 is 11.8 Å². The molecule has 30 heavy (non-hydrogen) atoms. The molecule has 0 atom stereocenters. The number of carbonyl (C=O) groups is 1. The summed E-state index contributed by atoms with van der Waals surface area (Å²) < 4.78 is 10.8. The molecular weight excluding hydrogens is 380 g/mol. The molecule has 0 unspecified atom stereocenters. The van der Waals surface area contributed by atoms with Crippen molar-refractivity contribution in [2.75, 3.05) is 33.6 Å². The zero-order valence-electron chi connectivity index (χ0n) is 17.8. The number of ether oxygens (including phenoxy) is 2. The predicted molar refractivity (Wildman–Crippen MR) is 120 cm³/mol. The van der Waals surface area contributed by atoms with Crippen LogP contribution in [0.2, 0.25) is 0 Å². The van der Waals surface area contributed by atoms with Gasteiger partial charge in [0, 0.05) is 35.6 Å². The van der Waals surface area contributed by atoms with Crippen molar-refractivity contribution in [2.45, 2.75) is 12.4 Å². The SMILES string of the molecule is C=CC(=O)OCc1c(-c2cccc(OC)c2)ccc2c1C(NC)=CC(NC)(NC)N2. The van der Waals surface area contributed by atoms with Gasteiger partial charge in [-0.05, 0) is 49.5 Å². The minimum absolute atomic E-state index is 0.105. The first-order valence-corrected chi connectivity index (χ1v) is 9.67. The van der Waals surface area contributed by atoms with Gasteiger partial charge in [-0.1, -0.05) is 24.8 Å². The van der Waals surface area contributed by atoms with Crippen LogP contribution >= 0.6 is 0 Å². The maximum absolute atomic E-state index is 11.8. The number of methoxy groups -OCH3 is 1. The predicted octanol–water partition coefficient (Wildman–Crippen LogP) is 2.67. The average Bonchev–Trinajstić information content (AvgIpc) is 2.81. The van der Waals surface area contributed by atoms with Crippen molar-refractivity contribution < 1.29 is 14.3 Å². The number of rotatable bonds is 8. The second-order valence-corrected chi connectivity index (χ2v) is 6.80. The second-order valence-electron chi connectivity index (χ2n) is 6.80. The largest absolute Gasteiger partial charge is 0.497 e. The summed E-state index contributed by atoms with van der Waals surface area (Å²) in [6.07, 6.45) is 3.20. The molecule has 2 aromatic rings. The van der Waals surface area contributed by atoms with Crippen LogP contribution in [0.5, 0.6) is 5.75 Å². The molecule has 7 heteroatoms. The fourth-order valence-corrected chi connectivity index (χ4v) is 3.60. The molecule has 0 spiro atoms. The number of likely N-dealkylation sites (N-methyl/N-ethyl adjacent to an activating group) is 2. The van der Waals surface area contributed by atoms with Gasteiger partial charge < -0.3 is 20.1 Å². The number of fused-ring (bicyclic) bond motifs is 1. The molecule has 1 heterocycles. The molecule has 4 N–H and O–H groups in total. The highest BCUT2D eigenvalue weighted by Gasteiger charge is 2.32. The standard InChI is InChI=1S/C23H28N4O3/c1-6-21(28)30-14-18-17(15-8-7-9-16(12-15)29-5)10-11-19-22(18)20(24-2)13-23(25-3,26-4)27-19/h6-13,24-27H,1,14H2,2-5H3. The molecule has 0 aromatic heterocycles. The first-order chi connectivity index (χ1) is 14.5. The zero-order chi connectivity index (χ0) is 21.7. The van der Waals surface area contributed by atoms with Gasteiger partial charge in [0.15, 0.2) is 5.79 Å². The molecule has 1 aliphatic heterocycles. The highest BCUT2D eigenvalue weighted by atomic mass is 16.5. The van der Waals surface area contributed by atoms with Crippen LogP contribution in [0, 0.1) is 0 Å². The van der Waals surface area contributed by atoms with E-state index in [4.69, 9.17) is 9.47 Å². The van der Waals surface area contributed by atoms with Crippen molar-refractivity contribution in [1.82, 2.24) is 16.0 Å². The Morgan fingerprint density at radius 2 is 1.97 bits per heavy atom. The molecule has 158 valence electrons. The van der Waals surface area contributed by atoms with Crippen LogP contribution in [0.1, 0.15) is 11.1 Å². The first-order valence-electron chi connectivity index (χ1n) is 9.67. The van der Waals surface area contributed by atoms with E-state index in [0.29, 0.717) is 0 Å². The number of benzene rings is 2. The van der Waals surface area contributed by atoms with Crippen LogP contribution in [0.15, 0.2) is 55.1 Å². The van der Waals surface area contributed by atoms with Crippen molar-refractivity contribution in [3.8, 4) is 16.9 Å². The van der Waals surface area contributed by atoms with Crippen molar-refractivity contribution in [3.05, 3.63) is 66.3 Å². The van der Waals surface area contributed by atoms with E-state index >= 15 is 0 Å². The van der Waals surface area contributed by atoms with E-state index in [1.165, 1.54) is 6.08 Å². The smallest absolute Gasteiger partial charge is 0.330 e. The molecule has 0 aliphatic carbocycles. The molecule has 0 bridgehead atoms. The first kappa shape index (κ1) is 21.4. The normalized spacial score (nSPS) is 14.1. The van der Waals surface area contributed by atoms with Crippen molar-refractivity contribution >= 4 is 17.4 Å². The third kappa shape index (κ3) is 4.03. The number of hydrogen-bond donors (Lipinski definition) is 4. The monoisotopic (exact) mass is 408 g/mol. The number of nitrogens with one attached hydrogen (secondary N) is 4. The lowest BCUT2D eigenvalue weighted by Gasteiger charge is -2.38. The third-order valence-corrected chi connectivity index (χ3v) is 5.24. The van der Waals surface area contributed by atoms with Crippen molar-refractivity contribution in [2.24, 2.45) is 0 Å². The van der Waals surface area contributed by atoms with Crippen molar-refractivity contribution in [1.29, 1.82) is 0 Å². The minimum Gasteiger partial charge on any atom is -0.497 e. The Morgan fingerprint density at radius 3 is 2.60 bits per heavy atom. The van der Waals surface area contributed by atoms with Crippen LogP contribution in [-0.4, -0.2) is 40.0 Å². The van der Waals surface area contributed by atoms with Gasteiger partial charge in [-0.2, -0.15) is 0 Å². The Balaban J connectivity index is 2.21. The van der Waals surface area contributed by atoms with Crippen LogP contribution in [0.4, 0.5) is 5.69 Å². The van der Waals surface area contributed by atoms with Gasteiger partial charge in [-0.15, -0.1) is 0 Å². The van der Waals surface area contributed by atoms with Gasteiger partial charge in [-0.25, -0.2) is 4.79 Å². The van der Waals surface area contributed by atoms with E-state index in [-0.39, 0.29) is 6.61 Å². The van der Waals surface area contributed by atoms with Gasteiger partial charge in [0.25, 0.3) is 0 Å². The molecule has 1 aliphatic rings. The summed E-state index contributed by atoms with van der Waals surface area (Å²) in [5.41, 5.74) is 5.55. The Kier molecular flexibility index (Phi) is 6.44. The third-order valence-electron chi connectivity index (χ3n) is 5.24. The van der Waals surface area contributed by atoms with E-state index in [1.54, 1.807) is 7.11 Å². The Bertz CT molecular complexity index is 980. The maximum Gasteiger partial charge on any atom is 0.330 e. The lowest BCUT2D eigenvalue weighted by molar-refractivity contribution is -0.138. The van der Waals surface area contributed by atoms with Gasteiger partial charge >= 0.3 is 5.97 Å². The number of anilines is 1. The number of hydrogen-bond acceptors (Lipinski definition) is 7. The summed E-state index contributed by atoms with van der Waals surface area (Å²) in [7, 11) is 7.25. The molecule has 7 nitrogen and oxygen atoms in total. The zero-order valence-corrected chi connectivity index (χ0v) is 17.8. The van der Waals surface area contributed by atoms with Crippen LogP contribution in [-0.2, 0) is 16.1 Å². The number of carbonyl (C=O) groups excluding carboxylic acids is 1. The van der Waals surface area contributed by atoms with E-state index in [9.17, 15) is 4.79 Å². The molecule has 0 amide bonds. The van der Waals surface area contributed by atoms with Gasteiger partial charge in [0.2, 0.25) is 0 Å². The lowest BCUT2D eigenvalue weighted by Crippen LogP contribution is -2.60. The topological polar surface area (TPSA) is 83.7 Å². The van der Waals surface area contributed by atoms with Gasteiger partial charge in [0.05, 0.1) is 7.11 Å².